The summed E-state index contributed by atoms with van der Waals surface area (Å²) in [6, 6.07) is 14.8. The van der Waals surface area contributed by atoms with E-state index in [4.69, 9.17) is 21.8 Å². The number of rotatable bonds is 3. The molecule has 1 aromatic heterocycles. The molecule has 3 rings (SSSR count). The van der Waals surface area contributed by atoms with E-state index in [9.17, 15) is 0 Å². The molecular formula is C16H14ClN3O. The van der Waals surface area contributed by atoms with Gasteiger partial charge < -0.3 is 10.2 Å². The van der Waals surface area contributed by atoms with Crippen LogP contribution in [0.5, 0.6) is 0 Å². The van der Waals surface area contributed by atoms with Gasteiger partial charge in [0.1, 0.15) is 6.04 Å². The highest BCUT2D eigenvalue weighted by Gasteiger charge is 2.18. The van der Waals surface area contributed by atoms with Gasteiger partial charge in [-0.25, -0.2) is 0 Å². The molecule has 5 heteroatoms. The number of hydrogen-bond acceptors (Lipinski definition) is 4. The number of nitrogens with zero attached hydrogens (tertiary/aromatic N) is 2. The first-order chi connectivity index (χ1) is 10.2. The van der Waals surface area contributed by atoms with Crippen molar-refractivity contribution in [3.8, 4) is 11.5 Å². The second-order valence-corrected chi connectivity index (χ2v) is 5.15. The van der Waals surface area contributed by atoms with Crippen molar-refractivity contribution in [1.29, 1.82) is 0 Å². The normalized spacial score (nSPS) is 12.3. The highest BCUT2D eigenvalue weighted by Crippen LogP contribution is 2.29. The van der Waals surface area contributed by atoms with Gasteiger partial charge in [0.2, 0.25) is 11.8 Å². The van der Waals surface area contributed by atoms with E-state index in [1.54, 1.807) is 0 Å². The zero-order valence-corrected chi connectivity index (χ0v) is 12.2. The van der Waals surface area contributed by atoms with E-state index >= 15 is 0 Å². The minimum Gasteiger partial charge on any atom is -0.419 e. The van der Waals surface area contributed by atoms with Crippen molar-refractivity contribution in [2.45, 2.75) is 13.0 Å². The van der Waals surface area contributed by atoms with Gasteiger partial charge in [0.25, 0.3) is 0 Å². The molecule has 0 bridgehead atoms. The second-order valence-electron chi connectivity index (χ2n) is 4.75. The standard InChI is InChI=1S/C16H14ClN3O/c1-10-12(8-5-9-13(10)17)15-19-20-16(21-15)14(18)11-6-3-2-4-7-11/h2-9,14H,18H2,1H3. The van der Waals surface area contributed by atoms with Gasteiger partial charge in [-0.3, -0.25) is 0 Å². The minimum atomic E-state index is -0.438. The molecule has 21 heavy (non-hydrogen) atoms. The summed E-state index contributed by atoms with van der Waals surface area (Å²) < 4.78 is 5.72. The molecule has 1 atom stereocenters. The molecule has 0 aliphatic heterocycles. The van der Waals surface area contributed by atoms with Crippen LogP contribution in [0.25, 0.3) is 11.5 Å². The van der Waals surface area contributed by atoms with Gasteiger partial charge in [0.15, 0.2) is 0 Å². The Balaban J connectivity index is 1.95. The van der Waals surface area contributed by atoms with Crippen molar-refractivity contribution < 1.29 is 4.42 Å². The monoisotopic (exact) mass is 299 g/mol. The number of hydrogen-bond donors (Lipinski definition) is 1. The molecule has 0 aliphatic carbocycles. The van der Waals surface area contributed by atoms with Crippen molar-refractivity contribution in [2.24, 2.45) is 5.73 Å². The number of benzene rings is 2. The largest absolute Gasteiger partial charge is 0.419 e. The Bertz CT molecular complexity index is 755. The summed E-state index contributed by atoms with van der Waals surface area (Å²) in [5.74, 6) is 0.812. The van der Waals surface area contributed by atoms with E-state index < -0.39 is 6.04 Å². The molecule has 0 saturated heterocycles. The Morgan fingerprint density at radius 3 is 2.57 bits per heavy atom. The average molecular weight is 300 g/mol. The first-order valence-corrected chi connectivity index (χ1v) is 6.94. The maximum Gasteiger partial charge on any atom is 0.248 e. The van der Waals surface area contributed by atoms with Gasteiger partial charge in [-0.05, 0) is 30.2 Å². The van der Waals surface area contributed by atoms with E-state index in [0.29, 0.717) is 16.8 Å². The van der Waals surface area contributed by atoms with Crippen LogP contribution in [0.4, 0.5) is 0 Å². The lowest BCUT2D eigenvalue weighted by Crippen LogP contribution is -2.11. The summed E-state index contributed by atoms with van der Waals surface area (Å²) >= 11 is 6.11. The van der Waals surface area contributed by atoms with E-state index in [2.05, 4.69) is 10.2 Å². The predicted molar refractivity (Wildman–Crippen MR) is 82.0 cm³/mol. The molecule has 4 nitrogen and oxygen atoms in total. The van der Waals surface area contributed by atoms with Crippen molar-refractivity contribution in [1.82, 2.24) is 10.2 Å². The Morgan fingerprint density at radius 2 is 1.81 bits per heavy atom. The fourth-order valence-corrected chi connectivity index (χ4v) is 2.29. The highest BCUT2D eigenvalue weighted by molar-refractivity contribution is 6.31. The lowest BCUT2D eigenvalue weighted by molar-refractivity contribution is 0.484. The maximum absolute atomic E-state index is 6.15. The molecule has 3 aromatic rings. The van der Waals surface area contributed by atoms with Crippen molar-refractivity contribution in [2.75, 3.05) is 0 Å². The summed E-state index contributed by atoms with van der Waals surface area (Å²) in [4.78, 5) is 0. The highest BCUT2D eigenvalue weighted by atomic mass is 35.5. The van der Waals surface area contributed by atoms with Gasteiger partial charge in [-0.2, -0.15) is 0 Å². The number of aromatic nitrogens is 2. The Labute approximate surface area is 127 Å². The third-order valence-electron chi connectivity index (χ3n) is 3.36. The second kappa shape index (κ2) is 5.68. The molecule has 2 N–H and O–H groups in total. The first-order valence-electron chi connectivity index (χ1n) is 6.56. The minimum absolute atomic E-state index is 0.385. The molecule has 0 fully saturated rings. The van der Waals surface area contributed by atoms with Crippen LogP contribution in [-0.2, 0) is 0 Å². The molecule has 2 aromatic carbocycles. The molecule has 0 radical (unpaired) electrons. The van der Waals surface area contributed by atoms with E-state index in [0.717, 1.165) is 16.7 Å². The molecular weight excluding hydrogens is 286 g/mol. The topological polar surface area (TPSA) is 64.9 Å². The van der Waals surface area contributed by atoms with Crippen LogP contribution < -0.4 is 5.73 Å². The molecule has 106 valence electrons. The molecule has 0 saturated carbocycles. The summed E-state index contributed by atoms with van der Waals surface area (Å²) in [6.45, 7) is 1.92. The van der Waals surface area contributed by atoms with Crippen LogP contribution in [0, 0.1) is 6.92 Å². The molecule has 0 aliphatic rings. The molecule has 1 heterocycles. The lowest BCUT2D eigenvalue weighted by atomic mass is 10.1. The van der Waals surface area contributed by atoms with Crippen LogP contribution in [-0.4, -0.2) is 10.2 Å². The summed E-state index contributed by atoms with van der Waals surface area (Å²) in [5.41, 5.74) is 8.81. The van der Waals surface area contributed by atoms with Crippen molar-refractivity contribution in [3.05, 3.63) is 70.6 Å². The fourth-order valence-electron chi connectivity index (χ4n) is 2.11. The van der Waals surface area contributed by atoms with Gasteiger partial charge in [-0.15, -0.1) is 10.2 Å². The third-order valence-corrected chi connectivity index (χ3v) is 3.77. The first kappa shape index (κ1) is 13.8. The smallest absolute Gasteiger partial charge is 0.248 e. The fraction of sp³-hybridized carbons (Fsp3) is 0.125. The van der Waals surface area contributed by atoms with Gasteiger partial charge >= 0.3 is 0 Å². The van der Waals surface area contributed by atoms with Crippen LogP contribution in [0.1, 0.15) is 23.1 Å². The van der Waals surface area contributed by atoms with Gasteiger partial charge in [0, 0.05) is 10.6 Å². The maximum atomic E-state index is 6.15. The van der Waals surface area contributed by atoms with Crippen LogP contribution >= 0.6 is 11.6 Å². The van der Waals surface area contributed by atoms with Crippen LogP contribution in [0.3, 0.4) is 0 Å². The van der Waals surface area contributed by atoms with E-state index in [-0.39, 0.29) is 0 Å². The zero-order chi connectivity index (χ0) is 14.8. The van der Waals surface area contributed by atoms with E-state index in [1.807, 2.05) is 55.5 Å². The molecule has 0 spiro atoms. The quantitative estimate of drug-likeness (QED) is 0.800. The lowest BCUT2D eigenvalue weighted by Gasteiger charge is -2.06. The Kier molecular flexibility index (Phi) is 3.73. The summed E-state index contributed by atoms with van der Waals surface area (Å²) in [7, 11) is 0. The predicted octanol–water partition coefficient (Wildman–Crippen LogP) is 3.75. The summed E-state index contributed by atoms with van der Waals surface area (Å²) in [6.07, 6.45) is 0. The SMILES string of the molecule is Cc1c(Cl)cccc1-c1nnc(C(N)c2ccccc2)o1. The summed E-state index contributed by atoms with van der Waals surface area (Å²) in [5, 5.41) is 8.80. The van der Waals surface area contributed by atoms with Crippen molar-refractivity contribution in [3.63, 3.8) is 0 Å². The van der Waals surface area contributed by atoms with Crippen LogP contribution in [0.15, 0.2) is 52.9 Å². The Hall–Kier alpha value is -2.17. The molecule has 0 amide bonds. The van der Waals surface area contributed by atoms with E-state index in [1.165, 1.54) is 0 Å². The zero-order valence-electron chi connectivity index (χ0n) is 11.5. The average Bonchev–Trinajstić information content (AvgIpc) is 3.00. The van der Waals surface area contributed by atoms with Gasteiger partial charge in [-0.1, -0.05) is 48.0 Å². The number of halogens is 1. The van der Waals surface area contributed by atoms with Gasteiger partial charge in [0.05, 0.1) is 0 Å². The van der Waals surface area contributed by atoms with Crippen LogP contribution in [0.2, 0.25) is 5.02 Å². The Morgan fingerprint density at radius 1 is 1.05 bits per heavy atom. The third kappa shape index (κ3) is 2.68. The molecule has 1 unspecified atom stereocenters. The number of nitrogens with two attached hydrogens (primary N) is 1. The van der Waals surface area contributed by atoms with Crippen molar-refractivity contribution >= 4 is 11.6 Å².